The minimum absolute atomic E-state index is 0.699. The van der Waals surface area contributed by atoms with E-state index in [4.69, 9.17) is 12.2 Å². The van der Waals surface area contributed by atoms with Crippen molar-refractivity contribution in [3.8, 4) is 0 Å². The molecule has 0 amide bonds. The summed E-state index contributed by atoms with van der Waals surface area (Å²) in [6.07, 6.45) is 4.24. The molecule has 0 unspecified atom stereocenters. The number of para-hydroxylation sites is 1. The van der Waals surface area contributed by atoms with Crippen molar-refractivity contribution in [1.29, 1.82) is 0 Å². The van der Waals surface area contributed by atoms with Gasteiger partial charge in [-0.25, -0.2) is 4.99 Å². The SMILES string of the molecule is CN(C=NC(=S)N1CCCC1)c1ccccc1. The molecule has 90 valence electrons. The Labute approximate surface area is 108 Å². The van der Waals surface area contributed by atoms with Gasteiger partial charge in [0.15, 0.2) is 5.11 Å². The third-order valence-electron chi connectivity index (χ3n) is 2.88. The Morgan fingerprint density at radius 2 is 1.94 bits per heavy atom. The van der Waals surface area contributed by atoms with E-state index >= 15 is 0 Å². The van der Waals surface area contributed by atoms with Crippen molar-refractivity contribution in [3.63, 3.8) is 0 Å². The number of aliphatic imine (C=N–C) groups is 1. The van der Waals surface area contributed by atoms with Crippen molar-refractivity contribution in [1.82, 2.24) is 4.90 Å². The highest BCUT2D eigenvalue weighted by atomic mass is 32.1. The van der Waals surface area contributed by atoms with Crippen molar-refractivity contribution >= 4 is 29.4 Å². The number of hydrogen-bond acceptors (Lipinski definition) is 1. The Bertz CT molecular complexity index is 396. The molecule has 1 aliphatic rings. The number of benzene rings is 1. The molecule has 4 heteroatoms. The van der Waals surface area contributed by atoms with Crippen molar-refractivity contribution in [2.24, 2.45) is 4.99 Å². The molecule has 0 bridgehead atoms. The number of hydrogen-bond donors (Lipinski definition) is 0. The van der Waals surface area contributed by atoms with Crippen LogP contribution in [-0.2, 0) is 0 Å². The second kappa shape index (κ2) is 5.77. The smallest absolute Gasteiger partial charge is 0.196 e. The summed E-state index contributed by atoms with van der Waals surface area (Å²) in [6.45, 7) is 2.09. The van der Waals surface area contributed by atoms with Crippen LogP contribution in [0.2, 0.25) is 0 Å². The maximum Gasteiger partial charge on any atom is 0.196 e. The zero-order valence-electron chi connectivity index (χ0n) is 10.0. The summed E-state index contributed by atoms with van der Waals surface area (Å²) >= 11 is 5.28. The summed E-state index contributed by atoms with van der Waals surface area (Å²) in [7, 11) is 1.98. The number of likely N-dealkylation sites (tertiary alicyclic amines) is 1. The first kappa shape index (κ1) is 12.0. The topological polar surface area (TPSA) is 18.8 Å². The summed E-state index contributed by atoms with van der Waals surface area (Å²) < 4.78 is 0. The average molecular weight is 247 g/mol. The standard InChI is InChI=1S/C13H17N3S/c1-15(12-7-3-2-4-8-12)11-14-13(17)16-9-5-6-10-16/h2-4,7-8,11H,5-6,9-10H2,1H3. The van der Waals surface area contributed by atoms with Crippen LogP contribution in [0.4, 0.5) is 5.69 Å². The van der Waals surface area contributed by atoms with Gasteiger partial charge in [0.25, 0.3) is 0 Å². The van der Waals surface area contributed by atoms with Crippen LogP contribution in [0.5, 0.6) is 0 Å². The molecule has 17 heavy (non-hydrogen) atoms. The molecule has 0 aliphatic carbocycles. The van der Waals surface area contributed by atoms with Crippen molar-refractivity contribution in [3.05, 3.63) is 30.3 Å². The fraction of sp³-hybridized carbons (Fsp3) is 0.385. The molecule has 3 nitrogen and oxygen atoms in total. The summed E-state index contributed by atoms with van der Waals surface area (Å²) in [5, 5.41) is 0.699. The van der Waals surface area contributed by atoms with E-state index in [1.165, 1.54) is 12.8 Å². The van der Waals surface area contributed by atoms with Crippen LogP contribution in [0, 0.1) is 0 Å². The lowest BCUT2D eigenvalue weighted by molar-refractivity contribution is 0.524. The lowest BCUT2D eigenvalue weighted by Gasteiger charge is -2.16. The van der Waals surface area contributed by atoms with E-state index in [0.717, 1.165) is 18.8 Å². The van der Waals surface area contributed by atoms with Gasteiger partial charge in [-0.15, -0.1) is 0 Å². The van der Waals surface area contributed by atoms with Gasteiger partial charge in [0.05, 0.1) is 6.34 Å². The first-order valence-electron chi connectivity index (χ1n) is 5.88. The molecule has 0 atom stereocenters. The molecule has 1 aliphatic heterocycles. The lowest BCUT2D eigenvalue weighted by Crippen LogP contribution is -2.25. The van der Waals surface area contributed by atoms with Crippen LogP contribution in [-0.4, -0.2) is 36.5 Å². The second-order valence-electron chi connectivity index (χ2n) is 4.17. The Morgan fingerprint density at radius 1 is 1.29 bits per heavy atom. The van der Waals surface area contributed by atoms with Gasteiger partial charge in [0.2, 0.25) is 0 Å². The van der Waals surface area contributed by atoms with E-state index in [1.54, 1.807) is 6.34 Å². The van der Waals surface area contributed by atoms with E-state index in [9.17, 15) is 0 Å². The number of rotatable bonds is 2. The molecular weight excluding hydrogens is 230 g/mol. The van der Waals surface area contributed by atoms with Gasteiger partial charge in [-0.05, 0) is 37.2 Å². The summed E-state index contributed by atoms with van der Waals surface area (Å²) in [6, 6.07) is 10.1. The number of anilines is 1. The quantitative estimate of drug-likeness (QED) is 0.455. The van der Waals surface area contributed by atoms with Crippen molar-refractivity contribution in [2.75, 3.05) is 25.0 Å². The fourth-order valence-electron chi connectivity index (χ4n) is 1.86. The van der Waals surface area contributed by atoms with Crippen LogP contribution in [0.3, 0.4) is 0 Å². The van der Waals surface area contributed by atoms with Crippen LogP contribution in [0.1, 0.15) is 12.8 Å². The van der Waals surface area contributed by atoms with Gasteiger partial charge < -0.3 is 9.80 Å². The molecule has 0 radical (unpaired) electrons. The second-order valence-corrected chi connectivity index (χ2v) is 4.53. The van der Waals surface area contributed by atoms with E-state index in [2.05, 4.69) is 9.89 Å². The zero-order chi connectivity index (χ0) is 12.1. The lowest BCUT2D eigenvalue weighted by atomic mass is 10.3. The van der Waals surface area contributed by atoms with Gasteiger partial charge in [-0.3, -0.25) is 0 Å². The Morgan fingerprint density at radius 3 is 2.59 bits per heavy atom. The average Bonchev–Trinajstić information content (AvgIpc) is 2.90. The molecule has 1 aromatic rings. The van der Waals surface area contributed by atoms with Crippen LogP contribution >= 0.6 is 12.2 Å². The predicted molar refractivity (Wildman–Crippen MR) is 76.7 cm³/mol. The normalized spacial score (nSPS) is 15.5. The van der Waals surface area contributed by atoms with Crippen LogP contribution in [0.15, 0.2) is 35.3 Å². The third kappa shape index (κ3) is 3.27. The van der Waals surface area contributed by atoms with E-state index in [0.29, 0.717) is 5.11 Å². The molecule has 0 N–H and O–H groups in total. The molecule has 0 saturated carbocycles. The van der Waals surface area contributed by atoms with Gasteiger partial charge in [-0.1, -0.05) is 18.2 Å². The van der Waals surface area contributed by atoms with Gasteiger partial charge >= 0.3 is 0 Å². The highest BCUT2D eigenvalue weighted by molar-refractivity contribution is 7.80. The first-order valence-corrected chi connectivity index (χ1v) is 6.29. The van der Waals surface area contributed by atoms with Gasteiger partial charge in [-0.2, -0.15) is 0 Å². The van der Waals surface area contributed by atoms with Crippen LogP contribution in [0.25, 0.3) is 0 Å². The molecule has 1 fully saturated rings. The first-order chi connectivity index (χ1) is 8.27. The predicted octanol–water partition coefficient (Wildman–Crippen LogP) is 2.53. The Balaban J connectivity index is 1.93. The highest BCUT2D eigenvalue weighted by Gasteiger charge is 2.13. The van der Waals surface area contributed by atoms with Crippen molar-refractivity contribution in [2.45, 2.75) is 12.8 Å². The monoisotopic (exact) mass is 247 g/mol. The van der Waals surface area contributed by atoms with E-state index in [-0.39, 0.29) is 0 Å². The van der Waals surface area contributed by atoms with Crippen LogP contribution < -0.4 is 4.90 Å². The Hall–Kier alpha value is -1.42. The number of thiocarbonyl (C=S) groups is 1. The minimum atomic E-state index is 0.699. The summed E-state index contributed by atoms with van der Waals surface area (Å²) in [4.78, 5) is 8.47. The van der Waals surface area contributed by atoms with Crippen molar-refractivity contribution < 1.29 is 0 Å². The van der Waals surface area contributed by atoms with E-state index in [1.807, 2.05) is 42.3 Å². The fourth-order valence-corrected chi connectivity index (χ4v) is 2.09. The van der Waals surface area contributed by atoms with Gasteiger partial charge in [0.1, 0.15) is 0 Å². The minimum Gasteiger partial charge on any atom is -0.347 e. The maximum atomic E-state index is 5.28. The molecule has 2 rings (SSSR count). The zero-order valence-corrected chi connectivity index (χ0v) is 10.9. The molecule has 0 aromatic heterocycles. The number of nitrogens with zero attached hydrogens (tertiary/aromatic N) is 3. The molecule has 1 saturated heterocycles. The molecule has 1 aromatic carbocycles. The highest BCUT2D eigenvalue weighted by Crippen LogP contribution is 2.11. The molecule has 0 spiro atoms. The molecule has 1 heterocycles. The summed E-state index contributed by atoms with van der Waals surface area (Å²) in [5.41, 5.74) is 1.11. The molecular formula is C13H17N3S. The van der Waals surface area contributed by atoms with E-state index < -0.39 is 0 Å². The summed E-state index contributed by atoms with van der Waals surface area (Å²) in [5.74, 6) is 0. The maximum absolute atomic E-state index is 5.28. The van der Waals surface area contributed by atoms with Gasteiger partial charge in [0, 0.05) is 25.8 Å². The largest absolute Gasteiger partial charge is 0.347 e. The third-order valence-corrected chi connectivity index (χ3v) is 3.25. The Kier molecular flexibility index (Phi) is 4.09.